The molecule has 0 spiro atoms. The number of halogens is 1. The Bertz CT molecular complexity index is 513. The van der Waals surface area contributed by atoms with Gasteiger partial charge in [-0.25, -0.2) is 9.18 Å². The van der Waals surface area contributed by atoms with Gasteiger partial charge in [0.25, 0.3) is 0 Å². The standard InChI is InChI=1S/C12H10FNO2S/c13-10-4-2-1-3-9(10)11(14-12(15)16)8-5-6-17-7-8/h1-7,11,14H,(H,15,16). The van der Waals surface area contributed by atoms with Gasteiger partial charge in [-0.2, -0.15) is 11.3 Å². The predicted octanol–water partition coefficient (Wildman–Crippen LogP) is 3.24. The Balaban J connectivity index is 2.41. The third-order valence-corrected chi connectivity index (χ3v) is 3.06. The molecule has 1 unspecified atom stereocenters. The third kappa shape index (κ3) is 2.62. The molecule has 17 heavy (non-hydrogen) atoms. The average molecular weight is 251 g/mol. The fourth-order valence-corrected chi connectivity index (χ4v) is 2.30. The topological polar surface area (TPSA) is 49.3 Å². The molecule has 2 rings (SSSR count). The summed E-state index contributed by atoms with van der Waals surface area (Å²) in [5, 5.41) is 14.8. The lowest BCUT2D eigenvalue weighted by molar-refractivity contribution is 0.191. The van der Waals surface area contributed by atoms with Gasteiger partial charge in [-0.3, -0.25) is 0 Å². The van der Waals surface area contributed by atoms with E-state index in [0.29, 0.717) is 5.56 Å². The Morgan fingerprint density at radius 2 is 2.12 bits per heavy atom. The van der Waals surface area contributed by atoms with Gasteiger partial charge in [-0.15, -0.1) is 0 Å². The van der Waals surface area contributed by atoms with Crippen LogP contribution in [0.5, 0.6) is 0 Å². The molecule has 3 nitrogen and oxygen atoms in total. The van der Waals surface area contributed by atoms with Crippen LogP contribution in [0.3, 0.4) is 0 Å². The minimum Gasteiger partial charge on any atom is -0.465 e. The SMILES string of the molecule is O=C(O)NC(c1ccsc1)c1ccccc1F. The molecular weight excluding hydrogens is 241 g/mol. The molecule has 0 saturated carbocycles. The number of nitrogens with one attached hydrogen (secondary N) is 1. The van der Waals surface area contributed by atoms with Crippen molar-refractivity contribution >= 4 is 17.4 Å². The zero-order chi connectivity index (χ0) is 12.3. The molecule has 1 aromatic carbocycles. The van der Waals surface area contributed by atoms with Gasteiger partial charge in [-0.05, 0) is 28.5 Å². The molecule has 0 saturated heterocycles. The molecular formula is C12H10FNO2S. The highest BCUT2D eigenvalue weighted by atomic mass is 32.1. The second-order valence-corrected chi connectivity index (χ2v) is 4.24. The van der Waals surface area contributed by atoms with Crippen LogP contribution in [0.4, 0.5) is 9.18 Å². The minimum absolute atomic E-state index is 0.327. The number of hydrogen-bond acceptors (Lipinski definition) is 2. The Hall–Kier alpha value is -1.88. The summed E-state index contributed by atoms with van der Waals surface area (Å²) in [5.74, 6) is -0.419. The molecule has 1 amide bonds. The van der Waals surface area contributed by atoms with E-state index in [1.807, 2.05) is 5.38 Å². The lowest BCUT2D eigenvalue weighted by Gasteiger charge is -2.16. The van der Waals surface area contributed by atoms with E-state index in [1.54, 1.807) is 29.6 Å². The molecule has 0 fully saturated rings. The van der Waals surface area contributed by atoms with Crippen LogP contribution in [0, 0.1) is 5.82 Å². The maximum Gasteiger partial charge on any atom is 0.405 e. The second-order valence-electron chi connectivity index (χ2n) is 3.46. The Morgan fingerprint density at radius 3 is 2.71 bits per heavy atom. The summed E-state index contributed by atoms with van der Waals surface area (Å²) < 4.78 is 13.7. The van der Waals surface area contributed by atoms with Crippen molar-refractivity contribution in [2.75, 3.05) is 0 Å². The molecule has 1 heterocycles. The number of benzene rings is 1. The molecule has 0 bridgehead atoms. The van der Waals surface area contributed by atoms with Gasteiger partial charge in [-0.1, -0.05) is 18.2 Å². The number of carbonyl (C=O) groups is 1. The van der Waals surface area contributed by atoms with Crippen molar-refractivity contribution in [3.8, 4) is 0 Å². The quantitative estimate of drug-likeness (QED) is 0.879. The molecule has 0 aliphatic rings. The van der Waals surface area contributed by atoms with Gasteiger partial charge in [0, 0.05) is 5.56 Å². The largest absolute Gasteiger partial charge is 0.465 e. The Kier molecular flexibility index (Phi) is 3.39. The van der Waals surface area contributed by atoms with Gasteiger partial charge in [0.1, 0.15) is 5.82 Å². The summed E-state index contributed by atoms with van der Waals surface area (Å²) in [6.07, 6.45) is -1.18. The first-order chi connectivity index (χ1) is 8.18. The zero-order valence-electron chi connectivity index (χ0n) is 8.76. The van der Waals surface area contributed by atoms with Crippen molar-refractivity contribution in [2.45, 2.75) is 6.04 Å². The summed E-state index contributed by atoms with van der Waals surface area (Å²) in [4.78, 5) is 10.8. The first kappa shape index (κ1) is 11.6. The lowest BCUT2D eigenvalue weighted by Crippen LogP contribution is -2.27. The Labute approximate surface area is 102 Å². The van der Waals surface area contributed by atoms with E-state index >= 15 is 0 Å². The van der Waals surface area contributed by atoms with E-state index in [0.717, 1.165) is 5.56 Å². The monoisotopic (exact) mass is 251 g/mol. The number of carboxylic acid groups (broad SMARTS) is 1. The number of thiophene rings is 1. The minimum atomic E-state index is -1.18. The first-order valence-corrected chi connectivity index (χ1v) is 5.88. The first-order valence-electron chi connectivity index (χ1n) is 4.94. The van der Waals surface area contributed by atoms with Gasteiger partial charge < -0.3 is 10.4 Å². The highest BCUT2D eigenvalue weighted by Crippen LogP contribution is 2.25. The summed E-state index contributed by atoms with van der Waals surface area (Å²) >= 11 is 1.44. The molecule has 5 heteroatoms. The van der Waals surface area contributed by atoms with Crippen LogP contribution in [0.2, 0.25) is 0 Å². The molecule has 0 radical (unpaired) electrons. The molecule has 2 N–H and O–H groups in total. The van der Waals surface area contributed by atoms with Crippen molar-refractivity contribution < 1.29 is 14.3 Å². The normalized spacial score (nSPS) is 12.1. The van der Waals surface area contributed by atoms with Crippen LogP contribution in [0.25, 0.3) is 0 Å². The van der Waals surface area contributed by atoms with Crippen molar-refractivity contribution in [3.63, 3.8) is 0 Å². The highest BCUT2D eigenvalue weighted by Gasteiger charge is 2.19. The highest BCUT2D eigenvalue weighted by molar-refractivity contribution is 7.08. The summed E-state index contributed by atoms with van der Waals surface area (Å²) in [7, 11) is 0. The van der Waals surface area contributed by atoms with Crippen molar-refractivity contribution in [3.05, 3.63) is 58.0 Å². The number of amides is 1. The molecule has 88 valence electrons. The van der Waals surface area contributed by atoms with Crippen LogP contribution in [-0.4, -0.2) is 11.2 Å². The van der Waals surface area contributed by atoms with Crippen molar-refractivity contribution in [2.24, 2.45) is 0 Å². The van der Waals surface area contributed by atoms with Crippen molar-refractivity contribution in [1.82, 2.24) is 5.32 Å². The van der Waals surface area contributed by atoms with Gasteiger partial charge in [0.15, 0.2) is 0 Å². The number of hydrogen-bond donors (Lipinski definition) is 2. The van der Waals surface area contributed by atoms with Gasteiger partial charge in [0.2, 0.25) is 0 Å². The van der Waals surface area contributed by atoms with E-state index < -0.39 is 18.0 Å². The van der Waals surface area contributed by atoms with E-state index in [4.69, 9.17) is 5.11 Å². The molecule has 1 aromatic heterocycles. The maximum absolute atomic E-state index is 13.7. The van der Waals surface area contributed by atoms with E-state index in [2.05, 4.69) is 5.32 Å². The van der Waals surface area contributed by atoms with Crippen LogP contribution >= 0.6 is 11.3 Å². The molecule has 2 aromatic rings. The van der Waals surface area contributed by atoms with Crippen LogP contribution in [0.15, 0.2) is 41.1 Å². The number of rotatable bonds is 3. The van der Waals surface area contributed by atoms with Crippen molar-refractivity contribution in [1.29, 1.82) is 0 Å². The fraction of sp³-hybridized carbons (Fsp3) is 0.0833. The smallest absolute Gasteiger partial charge is 0.405 e. The molecule has 0 aliphatic heterocycles. The van der Waals surface area contributed by atoms with Gasteiger partial charge >= 0.3 is 6.09 Å². The lowest BCUT2D eigenvalue weighted by atomic mass is 10.0. The van der Waals surface area contributed by atoms with Crippen LogP contribution in [-0.2, 0) is 0 Å². The molecule has 0 aliphatic carbocycles. The molecule has 1 atom stereocenters. The predicted molar refractivity (Wildman–Crippen MR) is 63.7 cm³/mol. The van der Waals surface area contributed by atoms with E-state index in [1.165, 1.54) is 17.4 Å². The fourth-order valence-electron chi connectivity index (χ4n) is 1.61. The van der Waals surface area contributed by atoms with E-state index in [9.17, 15) is 9.18 Å². The van der Waals surface area contributed by atoms with Crippen LogP contribution in [0.1, 0.15) is 17.2 Å². The summed E-state index contributed by atoms with van der Waals surface area (Å²) in [6, 6.07) is 7.26. The van der Waals surface area contributed by atoms with Crippen LogP contribution < -0.4 is 5.32 Å². The average Bonchev–Trinajstić information content (AvgIpc) is 2.80. The summed E-state index contributed by atoms with van der Waals surface area (Å²) in [5.41, 5.74) is 1.07. The summed E-state index contributed by atoms with van der Waals surface area (Å²) in [6.45, 7) is 0. The van der Waals surface area contributed by atoms with Gasteiger partial charge in [0.05, 0.1) is 6.04 Å². The maximum atomic E-state index is 13.7. The third-order valence-electron chi connectivity index (χ3n) is 2.36. The Morgan fingerprint density at radius 1 is 1.35 bits per heavy atom. The zero-order valence-corrected chi connectivity index (χ0v) is 9.58. The van der Waals surface area contributed by atoms with E-state index in [-0.39, 0.29) is 0 Å². The second kappa shape index (κ2) is 4.97.